The molecule has 0 aliphatic carbocycles. The Morgan fingerprint density at radius 3 is 2.69 bits per heavy atom. The minimum absolute atomic E-state index is 0. The van der Waals surface area contributed by atoms with E-state index in [1.54, 1.807) is 0 Å². The van der Waals surface area contributed by atoms with Crippen LogP contribution in [0.4, 0.5) is 0 Å². The van der Waals surface area contributed by atoms with Crippen molar-refractivity contribution in [3.63, 3.8) is 0 Å². The number of thiophene rings is 1. The zero-order chi connectivity index (χ0) is 19.8. The monoisotopic (exact) mass is 533 g/mol. The highest BCUT2D eigenvalue weighted by Crippen LogP contribution is 2.21. The van der Waals surface area contributed by atoms with Crippen LogP contribution in [0.1, 0.15) is 44.4 Å². The molecule has 8 heteroatoms. The molecule has 3 rings (SSSR count). The average Bonchev–Trinajstić information content (AvgIpc) is 3.39. The smallest absolute Gasteiger partial charge is 0.222 e. The normalized spacial score (nSPS) is 21.1. The number of rotatable bonds is 7. The van der Waals surface area contributed by atoms with Crippen LogP contribution < -0.4 is 10.6 Å². The molecule has 1 atom stereocenters. The second-order valence-corrected chi connectivity index (χ2v) is 8.87. The summed E-state index contributed by atoms with van der Waals surface area (Å²) in [5.41, 5.74) is 0. The van der Waals surface area contributed by atoms with E-state index in [0.29, 0.717) is 18.4 Å². The highest BCUT2D eigenvalue weighted by atomic mass is 127. The number of amides is 1. The first kappa shape index (κ1) is 24.4. The van der Waals surface area contributed by atoms with Gasteiger partial charge >= 0.3 is 0 Å². The third-order valence-corrected chi connectivity index (χ3v) is 6.56. The van der Waals surface area contributed by atoms with Gasteiger partial charge in [0.05, 0.1) is 0 Å². The lowest BCUT2D eigenvalue weighted by Crippen LogP contribution is -2.45. The molecule has 1 aromatic rings. The van der Waals surface area contributed by atoms with Crippen molar-refractivity contribution < 1.29 is 4.79 Å². The number of carbonyl (C=O) groups is 1. The van der Waals surface area contributed by atoms with Crippen molar-refractivity contribution in [2.45, 2.75) is 52.1 Å². The molecule has 2 aliphatic heterocycles. The Balaban J connectivity index is 0.00000300. The number of nitrogens with zero attached hydrogens (tertiary/aromatic N) is 3. The summed E-state index contributed by atoms with van der Waals surface area (Å²) in [6.07, 6.45) is 4.02. The summed E-state index contributed by atoms with van der Waals surface area (Å²) in [5.74, 6) is 1.82. The van der Waals surface area contributed by atoms with Crippen molar-refractivity contribution in [3.05, 3.63) is 22.4 Å². The molecule has 164 valence electrons. The standard InChI is InChI=1S/C21H35N5OS.HI/c1-3-20(27)26-12-9-18(15-26)24-21(22-4-2)23-14-17-7-10-25(11-8-17)16-19-6-5-13-28-19;/h5-6,13,17-18H,3-4,7-12,14-16H2,1-2H3,(H2,22,23,24);1H. The maximum absolute atomic E-state index is 11.9. The van der Waals surface area contributed by atoms with Gasteiger partial charge in [-0.15, -0.1) is 35.3 Å². The SMILES string of the molecule is CCNC(=NCC1CCN(Cc2cccs2)CC1)NC1CCN(C(=O)CC)C1.I. The fourth-order valence-corrected chi connectivity index (χ4v) is 4.76. The molecule has 0 aromatic carbocycles. The Morgan fingerprint density at radius 2 is 2.03 bits per heavy atom. The van der Waals surface area contributed by atoms with Crippen LogP contribution in [-0.2, 0) is 11.3 Å². The summed E-state index contributed by atoms with van der Waals surface area (Å²) in [7, 11) is 0. The van der Waals surface area contributed by atoms with E-state index in [4.69, 9.17) is 4.99 Å². The number of likely N-dealkylation sites (tertiary alicyclic amines) is 2. The van der Waals surface area contributed by atoms with Gasteiger partial charge in [-0.2, -0.15) is 0 Å². The number of guanidine groups is 1. The lowest BCUT2D eigenvalue weighted by molar-refractivity contribution is -0.129. The Labute approximate surface area is 196 Å². The highest BCUT2D eigenvalue weighted by molar-refractivity contribution is 14.0. The summed E-state index contributed by atoms with van der Waals surface area (Å²) in [4.78, 5) is 22.7. The van der Waals surface area contributed by atoms with E-state index in [-0.39, 0.29) is 29.9 Å². The second-order valence-electron chi connectivity index (χ2n) is 7.84. The quantitative estimate of drug-likeness (QED) is 0.321. The summed E-state index contributed by atoms with van der Waals surface area (Å²) in [5, 5.41) is 9.07. The Bertz CT molecular complexity index is 631. The van der Waals surface area contributed by atoms with Crippen LogP contribution in [0.3, 0.4) is 0 Å². The van der Waals surface area contributed by atoms with Crippen LogP contribution >= 0.6 is 35.3 Å². The van der Waals surface area contributed by atoms with Gasteiger partial charge in [-0.05, 0) is 56.6 Å². The van der Waals surface area contributed by atoms with E-state index in [9.17, 15) is 4.79 Å². The largest absolute Gasteiger partial charge is 0.357 e. The molecule has 3 heterocycles. The number of piperidine rings is 1. The lowest BCUT2D eigenvalue weighted by Gasteiger charge is -2.31. The minimum Gasteiger partial charge on any atom is -0.357 e. The van der Waals surface area contributed by atoms with Gasteiger partial charge < -0.3 is 15.5 Å². The van der Waals surface area contributed by atoms with Crippen molar-refractivity contribution in [1.82, 2.24) is 20.4 Å². The first-order valence-electron chi connectivity index (χ1n) is 10.7. The van der Waals surface area contributed by atoms with Gasteiger partial charge in [0.25, 0.3) is 0 Å². The third-order valence-electron chi connectivity index (χ3n) is 5.70. The van der Waals surface area contributed by atoms with Crippen molar-refractivity contribution in [2.75, 3.05) is 39.3 Å². The van der Waals surface area contributed by atoms with Gasteiger partial charge in [0.2, 0.25) is 5.91 Å². The summed E-state index contributed by atoms with van der Waals surface area (Å²) in [6, 6.07) is 4.67. The molecule has 2 aliphatic rings. The molecule has 29 heavy (non-hydrogen) atoms. The van der Waals surface area contributed by atoms with E-state index in [1.807, 2.05) is 23.2 Å². The maximum Gasteiger partial charge on any atom is 0.222 e. The second kappa shape index (κ2) is 12.7. The van der Waals surface area contributed by atoms with Crippen molar-refractivity contribution in [3.8, 4) is 0 Å². The molecule has 2 fully saturated rings. The molecule has 0 radical (unpaired) electrons. The fraction of sp³-hybridized carbons (Fsp3) is 0.714. The molecule has 1 unspecified atom stereocenters. The first-order valence-corrected chi connectivity index (χ1v) is 11.6. The lowest BCUT2D eigenvalue weighted by atomic mass is 9.97. The fourth-order valence-electron chi connectivity index (χ4n) is 4.01. The van der Waals surface area contributed by atoms with Crippen LogP contribution in [0.2, 0.25) is 0 Å². The number of halogens is 1. The highest BCUT2D eigenvalue weighted by Gasteiger charge is 2.26. The average molecular weight is 534 g/mol. The van der Waals surface area contributed by atoms with E-state index >= 15 is 0 Å². The van der Waals surface area contributed by atoms with E-state index in [2.05, 4.69) is 40.0 Å². The predicted octanol–water partition coefficient (Wildman–Crippen LogP) is 3.14. The molecule has 2 saturated heterocycles. The van der Waals surface area contributed by atoms with Crippen molar-refractivity contribution in [1.29, 1.82) is 0 Å². The third kappa shape index (κ3) is 7.71. The Hall–Kier alpha value is -0.870. The van der Waals surface area contributed by atoms with Gasteiger partial charge in [-0.25, -0.2) is 0 Å². The summed E-state index contributed by atoms with van der Waals surface area (Å²) >= 11 is 1.85. The molecular formula is C21H36IN5OS. The number of nitrogens with one attached hydrogen (secondary N) is 2. The van der Waals surface area contributed by atoms with Gasteiger partial charge in [-0.1, -0.05) is 13.0 Å². The Kier molecular flexibility index (Phi) is 10.7. The van der Waals surface area contributed by atoms with Crippen LogP contribution in [0.25, 0.3) is 0 Å². The van der Waals surface area contributed by atoms with E-state index in [1.165, 1.54) is 30.8 Å². The maximum atomic E-state index is 11.9. The summed E-state index contributed by atoms with van der Waals surface area (Å²) < 4.78 is 0. The number of hydrogen-bond donors (Lipinski definition) is 2. The van der Waals surface area contributed by atoms with Crippen molar-refractivity contribution in [2.24, 2.45) is 10.9 Å². The predicted molar refractivity (Wildman–Crippen MR) is 132 cm³/mol. The molecule has 1 aromatic heterocycles. The van der Waals surface area contributed by atoms with Crippen LogP contribution in [0.15, 0.2) is 22.5 Å². The van der Waals surface area contributed by atoms with E-state index in [0.717, 1.165) is 45.1 Å². The van der Waals surface area contributed by atoms with Crippen LogP contribution in [0.5, 0.6) is 0 Å². The van der Waals surface area contributed by atoms with Gasteiger partial charge in [0, 0.05) is 50.1 Å². The molecule has 1 amide bonds. The molecular weight excluding hydrogens is 497 g/mol. The summed E-state index contributed by atoms with van der Waals surface area (Å²) in [6.45, 7) is 10.8. The number of aliphatic imine (C=N–C) groups is 1. The molecule has 2 N–H and O–H groups in total. The molecule has 0 bridgehead atoms. The van der Waals surface area contributed by atoms with E-state index < -0.39 is 0 Å². The zero-order valence-electron chi connectivity index (χ0n) is 17.7. The van der Waals surface area contributed by atoms with Crippen LogP contribution in [0, 0.1) is 5.92 Å². The minimum atomic E-state index is 0. The van der Waals surface area contributed by atoms with Gasteiger partial charge in [0.15, 0.2) is 5.96 Å². The topological polar surface area (TPSA) is 60.0 Å². The zero-order valence-corrected chi connectivity index (χ0v) is 20.9. The number of carbonyl (C=O) groups excluding carboxylic acids is 1. The van der Waals surface area contributed by atoms with Gasteiger partial charge in [-0.3, -0.25) is 14.7 Å². The molecule has 6 nitrogen and oxygen atoms in total. The van der Waals surface area contributed by atoms with Gasteiger partial charge in [0.1, 0.15) is 0 Å². The Morgan fingerprint density at radius 1 is 1.24 bits per heavy atom. The molecule has 0 saturated carbocycles. The van der Waals surface area contributed by atoms with Crippen LogP contribution in [-0.4, -0.2) is 67.0 Å². The van der Waals surface area contributed by atoms with Crippen molar-refractivity contribution >= 4 is 47.2 Å². The first-order chi connectivity index (χ1) is 13.7. The molecule has 0 spiro atoms. The number of hydrogen-bond acceptors (Lipinski definition) is 4.